The summed E-state index contributed by atoms with van der Waals surface area (Å²) in [5, 5.41) is 20.5. The minimum atomic E-state index is -0.351. The van der Waals surface area contributed by atoms with Crippen molar-refractivity contribution in [2.75, 3.05) is 6.54 Å². The van der Waals surface area contributed by atoms with Crippen LogP contribution in [0.5, 0.6) is 0 Å². The van der Waals surface area contributed by atoms with Gasteiger partial charge < -0.3 is 15.9 Å². The normalized spacial score (nSPS) is 32.8. The molecule has 0 heterocycles. The quantitative estimate of drug-likeness (QED) is 0.418. The Hall–Kier alpha value is -0.640. The molecule has 0 aromatic carbocycles. The summed E-state index contributed by atoms with van der Waals surface area (Å²) in [7, 11) is 0. The minimum absolute atomic E-state index is 0.224. The van der Waals surface area contributed by atoms with Crippen LogP contribution in [0.1, 0.15) is 71.1 Å². The maximum atomic E-state index is 10.4. The maximum Gasteiger partial charge on any atom is 0.0721 e. The van der Waals surface area contributed by atoms with Crippen LogP contribution < -0.4 is 5.73 Å². The summed E-state index contributed by atoms with van der Waals surface area (Å²) in [6.45, 7) is 2.96. The molecule has 138 valence electrons. The molecule has 3 nitrogen and oxygen atoms in total. The van der Waals surface area contributed by atoms with E-state index in [0.29, 0.717) is 11.8 Å². The lowest BCUT2D eigenvalue weighted by Gasteiger charge is -2.17. The predicted molar refractivity (Wildman–Crippen MR) is 101 cm³/mol. The van der Waals surface area contributed by atoms with Gasteiger partial charge in [-0.25, -0.2) is 0 Å². The second-order valence-corrected chi connectivity index (χ2v) is 7.81. The molecule has 0 spiro atoms. The van der Waals surface area contributed by atoms with Crippen LogP contribution in [0.4, 0.5) is 0 Å². The van der Waals surface area contributed by atoms with Crippen molar-refractivity contribution in [1.29, 1.82) is 0 Å². The summed E-state index contributed by atoms with van der Waals surface area (Å²) in [5.74, 6) is 1.43. The van der Waals surface area contributed by atoms with Gasteiger partial charge in [0.1, 0.15) is 0 Å². The van der Waals surface area contributed by atoms with Crippen molar-refractivity contribution < 1.29 is 10.2 Å². The van der Waals surface area contributed by atoms with Gasteiger partial charge in [0.15, 0.2) is 0 Å². The summed E-state index contributed by atoms with van der Waals surface area (Å²) >= 11 is 0. The molecule has 2 aliphatic rings. The van der Waals surface area contributed by atoms with Gasteiger partial charge in [0.25, 0.3) is 0 Å². The lowest BCUT2D eigenvalue weighted by molar-refractivity contribution is 0.139. The molecule has 2 aliphatic carbocycles. The molecule has 0 saturated heterocycles. The largest absolute Gasteiger partial charge is 0.392 e. The number of nitrogens with two attached hydrogens (primary N) is 1. The van der Waals surface area contributed by atoms with Gasteiger partial charge in [-0.15, -0.1) is 0 Å². The van der Waals surface area contributed by atoms with Crippen molar-refractivity contribution in [1.82, 2.24) is 0 Å². The van der Waals surface area contributed by atoms with E-state index in [1.54, 1.807) is 5.57 Å². The molecule has 0 aliphatic heterocycles. The van der Waals surface area contributed by atoms with Crippen LogP contribution in [-0.4, -0.2) is 29.0 Å². The van der Waals surface area contributed by atoms with Crippen LogP contribution in [0.25, 0.3) is 0 Å². The van der Waals surface area contributed by atoms with Gasteiger partial charge in [-0.1, -0.05) is 50.0 Å². The fourth-order valence-electron chi connectivity index (χ4n) is 4.49. The molecule has 5 atom stereocenters. The smallest absolute Gasteiger partial charge is 0.0721 e. The molecule has 4 N–H and O–H groups in total. The number of hydrogen-bond donors (Lipinski definition) is 3. The van der Waals surface area contributed by atoms with Crippen molar-refractivity contribution in [3.8, 4) is 0 Å². The zero-order chi connectivity index (χ0) is 17.4. The van der Waals surface area contributed by atoms with E-state index in [1.807, 2.05) is 6.08 Å². The summed E-state index contributed by atoms with van der Waals surface area (Å²) in [6, 6.07) is 0. The van der Waals surface area contributed by atoms with Gasteiger partial charge in [0.2, 0.25) is 0 Å². The van der Waals surface area contributed by atoms with Crippen LogP contribution >= 0.6 is 0 Å². The Bertz CT molecular complexity index is 418. The molecule has 3 heteroatoms. The number of allylic oxidation sites excluding steroid dienone is 2. The zero-order valence-corrected chi connectivity index (χ0v) is 15.4. The molecule has 2 rings (SSSR count). The summed E-state index contributed by atoms with van der Waals surface area (Å²) in [6.07, 6.45) is 16.8. The lowest BCUT2D eigenvalue weighted by atomic mass is 9.90. The van der Waals surface area contributed by atoms with Gasteiger partial charge in [-0.3, -0.25) is 0 Å². The van der Waals surface area contributed by atoms with E-state index in [4.69, 9.17) is 5.73 Å². The molecule has 2 fully saturated rings. The lowest BCUT2D eigenvalue weighted by Crippen LogP contribution is -2.17. The number of aliphatic hydroxyl groups excluding tert-OH is 2. The van der Waals surface area contributed by atoms with Crippen molar-refractivity contribution in [2.24, 2.45) is 23.5 Å². The molecule has 0 bridgehead atoms. The fraction of sp³-hybridized carbons (Fsp3) is 0.810. The van der Waals surface area contributed by atoms with E-state index >= 15 is 0 Å². The third-order valence-corrected chi connectivity index (χ3v) is 5.86. The van der Waals surface area contributed by atoms with Crippen LogP contribution in [-0.2, 0) is 0 Å². The first-order chi connectivity index (χ1) is 11.7. The highest BCUT2D eigenvalue weighted by Crippen LogP contribution is 2.50. The topological polar surface area (TPSA) is 66.5 Å². The van der Waals surface area contributed by atoms with Gasteiger partial charge >= 0.3 is 0 Å². The first-order valence-electron chi connectivity index (χ1n) is 10.1. The SMILES string of the molecule is CCCCC[C@H](O)/C=C/[C@@H]1[C@H]2C/C(=C/CCCCN)C[C@H]2C[C@H]1O. The fourth-order valence-corrected chi connectivity index (χ4v) is 4.49. The minimum Gasteiger partial charge on any atom is -0.392 e. The second kappa shape index (κ2) is 10.4. The number of fused-ring (bicyclic) bond motifs is 1. The van der Waals surface area contributed by atoms with Crippen molar-refractivity contribution >= 4 is 0 Å². The number of hydrogen-bond acceptors (Lipinski definition) is 3. The Morgan fingerprint density at radius 3 is 2.79 bits per heavy atom. The van der Waals surface area contributed by atoms with Gasteiger partial charge in [0, 0.05) is 5.92 Å². The molecule has 2 saturated carbocycles. The molecule has 24 heavy (non-hydrogen) atoms. The van der Waals surface area contributed by atoms with Gasteiger partial charge in [-0.2, -0.15) is 0 Å². The molecule has 0 aromatic heterocycles. The monoisotopic (exact) mass is 335 g/mol. The van der Waals surface area contributed by atoms with Crippen LogP contribution in [0, 0.1) is 17.8 Å². The van der Waals surface area contributed by atoms with E-state index in [0.717, 1.165) is 51.5 Å². The van der Waals surface area contributed by atoms with Crippen molar-refractivity contribution in [2.45, 2.75) is 83.3 Å². The van der Waals surface area contributed by atoms with E-state index in [1.165, 1.54) is 19.3 Å². The van der Waals surface area contributed by atoms with Crippen LogP contribution in [0.2, 0.25) is 0 Å². The summed E-state index contributed by atoms with van der Waals surface area (Å²) < 4.78 is 0. The molecular formula is C21H37NO2. The maximum absolute atomic E-state index is 10.4. The Morgan fingerprint density at radius 1 is 1.21 bits per heavy atom. The Balaban J connectivity index is 1.83. The number of aliphatic hydroxyl groups is 2. The second-order valence-electron chi connectivity index (χ2n) is 7.81. The first kappa shape index (κ1) is 19.7. The third kappa shape index (κ3) is 5.72. The summed E-state index contributed by atoms with van der Waals surface area (Å²) in [4.78, 5) is 0. The van der Waals surface area contributed by atoms with Crippen LogP contribution in [0.15, 0.2) is 23.8 Å². The molecule has 0 aromatic rings. The Kier molecular flexibility index (Phi) is 8.51. The molecule has 0 radical (unpaired) electrons. The highest BCUT2D eigenvalue weighted by Gasteiger charge is 2.44. The Labute approximate surface area is 148 Å². The molecule has 0 amide bonds. The molecular weight excluding hydrogens is 298 g/mol. The van der Waals surface area contributed by atoms with Crippen molar-refractivity contribution in [3.63, 3.8) is 0 Å². The van der Waals surface area contributed by atoms with Crippen molar-refractivity contribution in [3.05, 3.63) is 23.8 Å². The summed E-state index contributed by atoms with van der Waals surface area (Å²) in [5.41, 5.74) is 7.13. The Morgan fingerprint density at radius 2 is 2.04 bits per heavy atom. The van der Waals surface area contributed by atoms with E-state index in [2.05, 4.69) is 19.1 Å². The highest BCUT2D eigenvalue weighted by molar-refractivity contribution is 5.17. The van der Waals surface area contributed by atoms with E-state index in [9.17, 15) is 10.2 Å². The zero-order valence-electron chi connectivity index (χ0n) is 15.4. The standard InChI is InChI=1S/C21H37NO2/c1-2-3-5-9-18(23)10-11-19-20-14-16(8-6-4-7-12-22)13-17(20)15-21(19)24/h8,10-11,17-21,23-24H,2-7,9,12-15,22H2,1H3/b11-10+,16-8+/t17-,18-,19+,20-,21+/m0/s1. The van der Waals surface area contributed by atoms with E-state index in [-0.39, 0.29) is 18.1 Å². The predicted octanol–water partition coefficient (Wildman–Crippen LogP) is 3.95. The average Bonchev–Trinajstić information content (AvgIpc) is 3.06. The van der Waals surface area contributed by atoms with Gasteiger partial charge in [-0.05, 0) is 63.3 Å². The first-order valence-corrected chi connectivity index (χ1v) is 10.1. The average molecular weight is 336 g/mol. The highest BCUT2D eigenvalue weighted by atomic mass is 16.3. The van der Waals surface area contributed by atoms with E-state index < -0.39 is 0 Å². The van der Waals surface area contributed by atoms with Gasteiger partial charge in [0.05, 0.1) is 12.2 Å². The number of unbranched alkanes of at least 4 members (excludes halogenated alkanes) is 4. The van der Waals surface area contributed by atoms with Crippen LogP contribution in [0.3, 0.4) is 0 Å². The number of rotatable bonds is 10. The third-order valence-electron chi connectivity index (χ3n) is 5.86. The molecule has 0 unspecified atom stereocenters.